The number of amides is 3. The van der Waals surface area contributed by atoms with Crippen molar-refractivity contribution in [2.24, 2.45) is 0 Å². The summed E-state index contributed by atoms with van der Waals surface area (Å²) < 4.78 is 0. The van der Waals surface area contributed by atoms with Crippen molar-refractivity contribution in [1.29, 1.82) is 0 Å². The van der Waals surface area contributed by atoms with Crippen LogP contribution in [0.5, 0.6) is 0 Å². The minimum absolute atomic E-state index is 0.0148. The third-order valence-electron chi connectivity index (χ3n) is 4.06. The maximum Gasteiger partial charge on any atom is 0.233 e. The number of anilines is 2. The second kappa shape index (κ2) is 7.81. The van der Waals surface area contributed by atoms with Crippen LogP contribution < -0.4 is 10.2 Å². The Labute approximate surface area is 142 Å². The minimum atomic E-state index is -0.327. The lowest BCUT2D eigenvalue weighted by Crippen LogP contribution is -2.50. The number of hydrogen-bond donors (Lipinski definition) is 1. The predicted molar refractivity (Wildman–Crippen MR) is 92.8 cm³/mol. The molecule has 1 aromatic rings. The molecule has 1 N–H and O–H groups in total. The van der Waals surface area contributed by atoms with Crippen molar-refractivity contribution in [3.63, 3.8) is 0 Å². The van der Waals surface area contributed by atoms with Crippen LogP contribution in [0.15, 0.2) is 24.3 Å². The molecular formula is C17H24N4O3. The molecule has 130 valence electrons. The molecule has 0 saturated carbocycles. The van der Waals surface area contributed by atoms with E-state index in [9.17, 15) is 14.4 Å². The second-order valence-corrected chi connectivity index (χ2v) is 6.05. The molecular weight excluding hydrogens is 308 g/mol. The van der Waals surface area contributed by atoms with Crippen LogP contribution in [-0.2, 0) is 14.4 Å². The minimum Gasteiger partial charge on any atom is -0.378 e. The van der Waals surface area contributed by atoms with Gasteiger partial charge in [0.25, 0.3) is 0 Å². The van der Waals surface area contributed by atoms with Crippen molar-refractivity contribution in [3.8, 4) is 0 Å². The van der Waals surface area contributed by atoms with Gasteiger partial charge in [-0.3, -0.25) is 14.4 Å². The Morgan fingerprint density at radius 2 is 1.54 bits per heavy atom. The van der Waals surface area contributed by atoms with Gasteiger partial charge in [-0.1, -0.05) is 0 Å². The fraction of sp³-hybridized carbons (Fsp3) is 0.471. The predicted octanol–water partition coefficient (Wildman–Crippen LogP) is 0.772. The van der Waals surface area contributed by atoms with Crippen molar-refractivity contribution < 1.29 is 14.4 Å². The Morgan fingerprint density at radius 3 is 2.04 bits per heavy atom. The highest BCUT2D eigenvalue weighted by Gasteiger charge is 2.23. The molecule has 0 bridgehead atoms. The van der Waals surface area contributed by atoms with E-state index in [-0.39, 0.29) is 24.1 Å². The molecule has 24 heavy (non-hydrogen) atoms. The molecule has 7 heteroatoms. The van der Waals surface area contributed by atoms with Crippen molar-refractivity contribution >= 4 is 29.1 Å². The second-order valence-electron chi connectivity index (χ2n) is 6.05. The molecule has 0 atom stereocenters. The number of hydrogen-bond acceptors (Lipinski definition) is 4. The van der Waals surface area contributed by atoms with Gasteiger partial charge in [-0.15, -0.1) is 0 Å². The molecule has 0 radical (unpaired) electrons. The Balaban J connectivity index is 1.81. The molecule has 1 fully saturated rings. The zero-order valence-corrected chi connectivity index (χ0v) is 14.4. The number of nitrogens with one attached hydrogen (secondary N) is 1. The van der Waals surface area contributed by atoms with Gasteiger partial charge in [0.05, 0.1) is 0 Å². The fourth-order valence-corrected chi connectivity index (χ4v) is 2.57. The summed E-state index contributed by atoms with van der Waals surface area (Å²) >= 11 is 0. The molecule has 2 rings (SSSR count). The molecule has 1 aliphatic heterocycles. The van der Waals surface area contributed by atoms with Crippen LogP contribution in [0.2, 0.25) is 0 Å². The lowest BCUT2D eigenvalue weighted by molar-refractivity contribution is -0.140. The first-order valence-electron chi connectivity index (χ1n) is 7.97. The van der Waals surface area contributed by atoms with Crippen molar-refractivity contribution in [2.45, 2.75) is 13.3 Å². The zero-order chi connectivity index (χ0) is 17.7. The average molecular weight is 332 g/mol. The van der Waals surface area contributed by atoms with Crippen LogP contribution in [0, 0.1) is 0 Å². The van der Waals surface area contributed by atoms with Gasteiger partial charge in [0.15, 0.2) is 0 Å². The van der Waals surface area contributed by atoms with E-state index >= 15 is 0 Å². The average Bonchev–Trinajstić information content (AvgIpc) is 2.55. The summed E-state index contributed by atoms with van der Waals surface area (Å²) in [5.41, 5.74) is 1.70. The summed E-state index contributed by atoms with van der Waals surface area (Å²) in [6.07, 6.45) is -0.185. The molecule has 0 unspecified atom stereocenters. The Morgan fingerprint density at radius 1 is 1.00 bits per heavy atom. The highest BCUT2D eigenvalue weighted by atomic mass is 16.2. The van der Waals surface area contributed by atoms with Gasteiger partial charge in [-0.25, -0.2) is 0 Å². The topological polar surface area (TPSA) is 73.0 Å². The third kappa shape index (κ3) is 4.71. The third-order valence-corrected chi connectivity index (χ3v) is 4.06. The number of carbonyl (C=O) groups is 3. The van der Waals surface area contributed by atoms with Crippen LogP contribution in [0.4, 0.5) is 11.4 Å². The maximum atomic E-state index is 12.2. The van der Waals surface area contributed by atoms with Gasteiger partial charge in [-0.05, 0) is 24.3 Å². The number of rotatable bonds is 4. The molecule has 0 spiro atoms. The van der Waals surface area contributed by atoms with Crippen LogP contribution in [0.1, 0.15) is 13.3 Å². The molecule has 1 aliphatic rings. The normalized spacial score (nSPS) is 14.3. The largest absolute Gasteiger partial charge is 0.378 e. The summed E-state index contributed by atoms with van der Waals surface area (Å²) in [4.78, 5) is 40.8. The summed E-state index contributed by atoms with van der Waals surface area (Å²) in [6.45, 7) is 3.52. The first-order valence-corrected chi connectivity index (χ1v) is 7.97. The van der Waals surface area contributed by atoms with E-state index in [2.05, 4.69) is 5.32 Å². The molecule has 1 heterocycles. The monoisotopic (exact) mass is 332 g/mol. The van der Waals surface area contributed by atoms with E-state index in [1.807, 2.05) is 43.3 Å². The summed E-state index contributed by atoms with van der Waals surface area (Å²) in [5, 5.41) is 2.74. The van der Waals surface area contributed by atoms with Gasteiger partial charge in [0.2, 0.25) is 17.7 Å². The lowest BCUT2D eigenvalue weighted by Gasteiger charge is -2.34. The quantitative estimate of drug-likeness (QED) is 0.827. The standard InChI is InChI=1S/C17H24N4O3/c1-13(22)20-8-10-21(11-9-20)17(24)12-16(23)18-14-4-6-15(7-5-14)19(2)3/h4-7H,8-12H2,1-3H3,(H,18,23). The summed E-state index contributed by atoms with van der Waals surface area (Å²) in [5.74, 6) is -0.520. The van der Waals surface area contributed by atoms with Crippen LogP contribution >= 0.6 is 0 Å². The van der Waals surface area contributed by atoms with Gasteiger partial charge < -0.3 is 20.0 Å². The zero-order valence-electron chi connectivity index (χ0n) is 14.4. The smallest absolute Gasteiger partial charge is 0.233 e. The molecule has 1 saturated heterocycles. The van der Waals surface area contributed by atoms with Gasteiger partial charge >= 0.3 is 0 Å². The fourth-order valence-electron chi connectivity index (χ4n) is 2.57. The molecule has 0 aromatic heterocycles. The molecule has 7 nitrogen and oxygen atoms in total. The number of nitrogens with zero attached hydrogens (tertiary/aromatic N) is 3. The van der Waals surface area contributed by atoms with Gasteiger partial charge in [0, 0.05) is 58.6 Å². The van der Waals surface area contributed by atoms with Crippen LogP contribution in [0.25, 0.3) is 0 Å². The highest BCUT2D eigenvalue weighted by Crippen LogP contribution is 2.16. The van der Waals surface area contributed by atoms with E-state index in [4.69, 9.17) is 0 Å². The van der Waals surface area contributed by atoms with Gasteiger partial charge in [-0.2, -0.15) is 0 Å². The Hall–Kier alpha value is -2.57. The van der Waals surface area contributed by atoms with Crippen molar-refractivity contribution in [1.82, 2.24) is 9.80 Å². The summed E-state index contributed by atoms with van der Waals surface area (Å²) in [7, 11) is 3.89. The number of piperazine rings is 1. The first-order chi connectivity index (χ1) is 11.4. The molecule has 0 aliphatic carbocycles. The van der Waals surface area contributed by atoms with Gasteiger partial charge in [0.1, 0.15) is 6.42 Å². The van der Waals surface area contributed by atoms with Crippen molar-refractivity contribution in [2.75, 3.05) is 50.5 Å². The first kappa shape index (κ1) is 17.8. The maximum absolute atomic E-state index is 12.2. The van der Waals surface area contributed by atoms with E-state index in [1.165, 1.54) is 6.92 Å². The Kier molecular flexibility index (Phi) is 5.78. The Bertz CT molecular complexity index is 605. The lowest BCUT2D eigenvalue weighted by atomic mass is 10.2. The van der Waals surface area contributed by atoms with E-state index < -0.39 is 0 Å². The van der Waals surface area contributed by atoms with E-state index in [0.29, 0.717) is 31.9 Å². The van der Waals surface area contributed by atoms with Crippen LogP contribution in [-0.4, -0.2) is 67.8 Å². The number of benzene rings is 1. The SMILES string of the molecule is CC(=O)N1CCN(C(=O)CC(=O)Nc2ccc(N(C)C)cc2)CC1. The van der Waals surface area contributed by atoms with E-state index in [0.717, 1.165) is 5.69 Å². The van der Waals surface area contributed by atoms with Crippen LogP contribution in [0.3, 0.4) is 0 Å². The number of carbonyl (C=O) groups excluding carboxylic acids is 3. The van der Waals surface area contributed by atoms with Crippen molar-refractivity contribution in [3.05, 3.63) is 24.3 Å². The highest BCUT2D eigenvalue weighted by molar-refractivity contribution is 6.03. The van der Waals surface area contributed by atoms with E-state index in [1.54, 1.807) is 9.80 Å². The summed E-state index contributed by atoms with van der Waals surface area (Å²) in [6, 6.07) is 7.42. The molecule has 3 amide bonds. The molecule has 1 aromatic carbocycles.